The van der Waals surface area contributed by atoms with Crippen molar-refractivity contribution < 1.29 is 24.2 Å². The summed E-state index contributed by atoms with van der Waals surface area (Å²) in [6, 6.07) is 22.4. The average Bonchev–Trinajstić information content (AvgIpc) is 3.53. The number of methoxy groups -OCH3 is 1. The zero-order valence-electron chi connectivity index (χ0n) is 30.7. The molecule has 0 aliphatic carbocycles. The molecule has 6 rings (SSSR count). The maximum Gasteiger partial charge on any atom is 0.264 e. The molecule has 3 aliphatic heterocycles. The molecule has 0 unspecified atom stereocenters. The maximum atomic E-state index is 15.1. The molecule has 0 aromatic heterocycles. The largest absolute Gasteiger partial charge is 0.497 e. The number of rotatable bonds is 11. The molecule has 0 bridgehead atoms. The molecule has 1 N–H and O–H groups in total. The van der Waals surface area contributed by atoms with Gasteiger partial charge in [-0.05, 0) is 94.0 Å². The van der Waals surface area contributed by atoms with Crippen LogP contribution in [-0.4, -0.2) is 51.4 Å². The zero-order chi connectivity index (χ0) is 35.8. The number of aliphatic hydroxyl groups is 1. The number of nitrogens with zero attached hydrogens (tertiary/aromatic N) is 2. The standard InChI is InChI=1S/C42H52N2O5Si/c1-28(2)11-10-12-29(3)23-25-43-37-21-16-32(44-36-14-9-8-13-31(36)15-22-39(44)46)27-35(37)42(41(43)47)30(4)40(38(49-42)24-26-45)50(6,7)34-19-17-33(48-5)18-20-34/h8-9,11,13-14,16-21,23,27,30,38,40,45H,10,12,15,22,24-26H2,1-7H3/b29-23+/t30-,38+,40-,42+/m1/s1. The van der Waals surface area contributed by atoms with E-state index in [1.54, 1.807) is 7.11 Å². The van der Waals surface area contributed by atoms with Crippen LogP contribution in [0.25, 0.3) is 0 Å². The van der Waals surface area contributed by atoms with Crippen molar-refractivity contribution in [2.75, 3.05) is 30.1 Å². The molecule has 1 fully saturated rings. The van der Waals surface area contributed by atoms with Crippen LogP contribution in [0.1, 0.15) is 64.5 Å². The summed E-state index contributed by atoms with van der Waals surface area (Å²) < 4.78 is 12.6. The summed E-state index contributed by atoms with van der Waals surface area (Å²) in [6.45, 7) is 13.6. The quantitative estimate of drug-likeness (QED) is 0.163. The average molecular weight is 693 g/mol. The van der Waals surface area contributed by atoms with Crippen LogP contribution in [0.15, 0.2) is 90.0 Å². The van der Waals surface area contributed by atoms with E-state index >= 15 is 4.79 Å². The predicted octanol–water partition coefficient (Wildman–Crippen LogP) is 7.94. The van der Waals surface area contributed by atoms with E-state index in [2.05, 4.69) is 71.1 Å². The number of benzene rings is 3. The van der Waals surface area contributed by atoms with Gasteiger partial charge in [-0.25, -0.2) is 0 Å². The first kappa shape index (κ1) is 35.8. The Hall–Kier alpha value is -3.98. The predicted molar refractivity (Wildman–Crippen MR) is 204 cm³/mol. The summed E-state index contributed by atoms with van der Waals surface area (Å²) in [5.41, 5.74) is 5.70. The highest BCUT2D eigenvalue weighted by molar-refractivity contribution is 6.91. The van der Waals surface area contributed by atoms with Crippen LogP contribution in [0.4, 0.5) is 17.1 Å². The SMILES string of the molecule is COc1ccc([Si](C)(C)[C@H]2[C@H](CCO)O[C@@]3(C(=O)N(C/C=C(\C)CCC=C(C)C)c4ccc(N5C(=O)CCc6ccccc65)cc43)[C@@H]2C)cc1. The van der Waals surface area contributed by atoms with E-state index in [9.17, 15) is 9.90 Å². The van der Waals surface area contributed by atoms with Crippen LogP contribution in [0.5, 0.6) is 5.75 Å². The van der Waals surface area contributed by atoms with Gasteiger partial charge in [0.1, 0.15) is 5.75 Å². The second-order valence-electron chi connectivity index (χ2n) is 15.0. The number of fused-ring (bicyclic) bond motifs is 3. The van der Waals surface area contributed by atoms with Crippen molar-refractivity contribution >= 4 is 42.1 Å². The van der Waals surface area contributed by atoms with E-state index in [4.69, 9.17) is 9.47 Å². The first-order valence-corrected chi connectivity index (χ1v) is 21.1. The molecule has 8 heteroatoms. The number of hydrogen-bond donors (Lipinski definition) is 1. The zero-order valence-corrected chi connectivity index (χ0v) is 31.7. The molecule has 3 aromatic carbocycles. The molecule has 4 atom stereocenters. The first-order chi connectivity index (χ1) is 23.9. The third kappa shape index (κ3) is 6.27. The summed E-state index contributed by atoms with van der Waals surface area (Å²) in [7, 11) is -0.650. The first-order valence-electron chi connectivity index (χ1n) is 18.0. The molecule has 0 radical (unpaired) electrons. The summed E-state index contributed by atoms with van der Waals surface area (Å²) >= 11 is 0. The highest BCUT2D eigenvalue weighted by Crippen LogP contribution is 2.60. The number of allylic oxidation sites excluding steroid dienone is 3. The van der Waals surface area contributed by atoms with E-state index in [1.807, 2.05) is 58.3 Å². The lowest BCUT2D eigenvalue weighted by Crippen LogP contribution is -2.52. The Bertz CT molecular complexity index is 1810. The van der Waals surface area contributed by atoms with Gasteiger partial charge in [-0.15, -0.1) is 0 Å². The fraction of sp³-hybridized carbons (Fsp3) is 0.429. The number of ether oxygens (including phenoxy) is 2. The summed E-state index contributed by atoms with van der Waals surface area (Å²) in [5, 5.41) is 11.6. The third-order valence-corrected chi connectivity index (χ3v) is 15.7. The summed E-state index contributed by atoms with van der Waals surface area (Å²) in [6.07, 6.45) is 7.55. The van der Waals surface area contributed by atoms with Crippen molar-refractivity contribution in [2.24, 2.45) is 5.92 Å². The van der Waals surface area contributed by atoms with Gasteiger partial charge in [-0.2, -0.15) is 0 Å². The van der Waals surface area contributed by atoms with Crippen LogP contribution >= 0.6 is 0 Å². The molecule has 1 spiro atoms. The highest BCUT2D eigenvalue weighted by Gasteiger charge is 2.66. The van der Waals surface area contributed by atoms with Crippen LogP contribution in [0.3, 0.4) is 0 Å². The van der Waals surface area contributed by atoms with Gasteiger partial charge in [-0.3, -0.25) is 14.5 Å². The maximum absolute atomic E-state index is 15.1. The fourth-order valence-electron chi connectivity index (χ4n) is 8.67. The lowest BCUT2D eigenvalue weighted by atomic mass is 9.82. The van der Waals surface area contributed by atoms with E-state index in [0.717, 1.165) is 46.8 Å². The minimum absolute atomic E-state index is 0.0298. The Morgan fingerprint density at radius 3 is 2.44 bits per heavy atom. The molecule has 3 heterocycles. The third-order valence-electron chi connectivity index (χ3n) is 11.3. The second kappa shape index (κ2) is 14.3. The molecular formula is C42H52N2O5Si. The highest BCUT2D eigenvalue weighted by atomic mass is 28.3. The normalized spacial score (nSPS) is 23.4. The number of anilines is 3. The molecule has 2 amide bonds. The number of aliphatic hydroxyl groups excluding tert-OH is 1. The van der Waals surface area contributed by atoms with Gasteiger partial charge in [-0.1, -0.05) is 78.8 Å². The summed E-state index contributed by atoms with van der Waals surface area (Å²) in [4.78, 5) is 32.4. The van der Waals surface area contributed by atoms with Crippen molar-refractivity contribution in [3.05, 3.63) is 101 Å². The molecule has 264 valence electrons. The number of para-hydroxylation sites is 1. The van der Waals surface area contributed by atoms with Crippen LogP contribution in [0.2, 0.25) is 18.6 Å². The Kier molecular flexibility index (Phi) is 10.3. The van der Waals surface area contributed by atoms with E-state index in [0.29, 0.717) is 25.8 Å². The van der Waals surface area contributed by atoms with Crippen LogP contribution < -0.4 is 19.7 Å². The van der Waals surface area contributed by atoms with E-state index < -0.39 is 13.7 Å². The molecule has 50 heavy (non-hydrogen) atoms. The number of carbonyl (C=O) groups excluding carboxylic acids is 2. The van der Waals surface area contributed by atoms with Crippen molar-refractivity contribution in [3.8, 4) is 5.75 Å². The van der Waals surface area contributed by atoms with Gasteiger partial charge in [0.15, 0.2) is 5.60 Å². The van der Waals surface area contributed by atoms with Crippen molar-refractivity contribution in [2.45, 2.75) is 90.1 Å². The Morgan fingerprint density at radius 1 is 1.00 bits per heavy atom. The second-order valence-corrected chi connectivity index (χ2v) is 19.7. The van der Waals surface area contributed by atoms with Gasteiger partial charge >= 0.3 is 0 Å². The fourth-order valence-corrected chi connectivity index (χ4v) is 12.7. The van der Waals surface area contributed by atoms with E-state index in [-0.39, 0.29) is 36.0 Å². The molecule has 1 saturated heterocycles. The van der Waals surface area contributed by atoms with Crippen molar-refractivity contribution in [1.82, 2.24) is 0 Å². The molecule has 7 nitrogen and oxygen atoms in total. The van der Waals surface area contributed by atoms with Gasteiger partial charge in [0.2, 0.25) is 5.91 Å². The molecular weight excluding hydrogens is 641 g/mol. The van der Waals surface area contributed by atoms with Crippen molar-refractivity contribution in [3.63, 3.8) is 0 Å². The number of hydrogen-bond acceptors (Lipinski definition) is 5. The number of amides is 2. The lowest BCUT2D eigenvalue weighted by Gasteiger charge is -2.37. The molecule has 3 aromatic rings. The van der Waals surface area contributed by atoms with Gasteiger partial charge in [0, 0.05) is 36.7 Å². The van der Waals surface area contributed by atoms with Crippen molar-refractivity contribution in [1.29, 1.82) is 0 Å². The minimum Gasteiger partial charge on any atom is -0.497 e. The topological polar surface area (TPSA) is 79.3 Å². The number of carbonyl (C=O) groups is 2. The molecule has 3 aliphatic rings. The minimum atomic E-state index is -2.32. The van der Waals surface area contributed by atoms with Gasteiger partial charge < -0.3 is 19.5 Å². The van der Waals surface area contributed by atoms with E-state index in [1.165, 1.54) is 16.3 Å². The number of aryl methyl sites for hydroxylation is 1. The Balaban J connectivity index is 1.47. The Morgan fingerprint density at radius 2 is 1.74 bits per heavy atom. The van der Waals surface area contributed by atoms with Gasteiger partial charge in [0.25, 0.3) is 5.91 Å². The van der Waals surface area contributed by atoms with Crippen LogP contribution in [0, 0.1) is 5.92 Å². The summed E-state index contributed by atoms with van der Waals surface area (Å²) in [5.74, 6) is 0.583. The smallest absolute Gasteiger partial charge is 0.264 e. The lowest BCUT2D eigenvalue weighted by molar-refractivity contribution is -0.146. The molecule has 0 saturated carbocycles. The van der Waals surface area contributed by atoms with Crippen LogP contribution in [-0.2, 0) is 26.3 Å². The van der Waals surface area contributed by atoms with Gasteiger partial charge in [0.05, 0.1) is 32.7 Å². The Labute approximate surface area is 298 Å². The monoisotopic (exact) mass is 692 g/mol.